The highest BCUT2D eigenvalue weighted by Crippen LogP contribution is 2.51. The maximum Gasteiger partial charge on any atom is 0.334 e. The van der Waals surface area contributed by atoms with Crippen LogP contribution < -0.4 is 10.4 Å². The lowest BCUT2D eigenvalue weighted by Crippen LogP contribution is -2.53. The highest BCUT2D eigenvalue weighted by molar-refractivity contribution is 8.00. The van der Waals surface area contributed by atoms with E-state index in [2.05, 4.69) is 69.3 Å². The molecule has 2 aromatic carbocycles. The summed E-state index contributed by atoms with van der Waals surface area (Å²) < 4.78 is 37.5. The van der Waals surface area contributed by atoms with Crippen molar-refractivity contribution in [3.05, 3.63) is 60.7 Å². The van der Waals surface area contributed by atoms with Crippen LogP contribution in [0.1, 0.15) is 34.6 Å². The van der Waals surface area contributed by atoms with Gasteiger partial charge in [0.15, 0.2) is 0 Å². The molecule has 1 aliphatic rings. The van der Waals surface area contributed by atoms with Gasteiger partial charge in [0.25, 0.3) is 0 Å². The minimum Gasteiger partial charge on any atom is -0.405 e. The van der Waals surface area contributed by atoms with Gasteiger partial charge in [-0.3, -0.25) is 4.57 Å². The molecule has 3 rings (SSSR count). The molecule has 8 heteroatoms. The average molecular weight is 509 g/mol. The molecule has 33 heavy (non-hydrogen) atoms. The number of benzene rings is 2. The monoisotopic (exact) mass is 508 g/mol. The fourth-order valence-electron chi connectivity index (χ4n) is 4.05. The first kappa shape index (κ1) is 26.7. The Bertz CT molecular complexity index is 843. The minimum absolute atomic E-state index is 0.0980. The largest absolute Gasteiger partial charge is 0.405 e. The normalized spacial score (nSPS) is 20.3. The summed E-state index contributed by atoms with van der Waals surface area (Å²) in [5, 5.41) is 2.50. The molecule has 0 N–H and O–H groups in total. The SMILES string of the molecule is CCOP(=O)(C[C@@H]1O[C@@H](C(O[SiH](c2ccccc2)c2ccccc2)C(C)(C)C)CS1)OCC. The van der Waals surface area contributed by atoms with E-state index in [0.29, 0.717) is 13.2 Å². The molecule has 2 aromatic rings. The Balaban J connectivity index is 1.80. The first-order chi connectivity index (χ1) is 15.8. The van der Waals surface area contributed by atoms with Crippen molar-refractivity contribution >= 4 is 38.8 Å². The van der Waals surface area contributed by atoms with Gasteiger partial charge in [-0.1, -0.05) is 81.4 Å². The predicted octanol–water partition coefficient (Wildman–Crippen LogP) is 4.68. The van der Waals surface area contributed by atoms with E-state index in [1.807, 2.05) is 26.0 Å². The van der Waals surface area contributed by atoms with Crippen LogP contribution in [0.15, 0.2) is 60.7 Å². The lowest BCUT2D eigenvalue weighted by molar-refractivity contribution is -0.0526. The van der Waals surface area contributed by atoms with Crippen LogP contribution in [0, 0.1) is 5.41 Å². The van der Waals surface area contributed by atoms with Crippen LogP contribution in [0.4, 0.5) is 0 Å². The number of hydrogen-bond donors (Lipinski definition) is 0. The van der Waals surface area contributed by atoms with Crippen LogP contribution in [0.5, 0.6) is 0 Å². The number of rotatable bonds is 11. The summed E-state index contributed by atoms with van der Waals surface area (Å²) >= 11 is 1.67. The first-order valence-electron chi connectivity index (χ1n) is 11.7. The highest BCUT2D eigenvalue weighted by Gasteiger charge is 2.43. The molecule has 3 atom stereocenters. The molecule has 1 heterocycles. The van der Waals surface area contributed by atoms with E-state index < -0.39 is 16.6 Å². The van der Waals surface area contributed by atoms with E-state index in [1.54, 1.807) is 11.8 Å². The highest BCUT2D eigenvalue weighted by atomic mass is 32.2. The van der Waals surface area contributed by atoms with Gasteiger partial charge in [-0.15, -0.1) is 11.8 Å². The van der Waals surface area contributed by atoms with Crippen molar-refractivity contribution in [2.45, 2.75) is 52.3 Å². The minimum atomic E-state index is -3.17. The lowest BCUT2D eigenvalue weighted by atomic mass is 9.86. The second-order valence-electron chi connectivity index (χ2n) is 9.19. The smallest absolute Gasteiger partial charge is 0.334 e. The van der Waals surface area contributed by atoms with Gasteiger partial charge in [-0.05, 0) is 29.6 Å². The van der Waals surface area contributed by atoms with E-state index in [4.69, 9.17) is 18.2 Å². The lowest BCUT2D eigenvalue weighted by Gasteiger charge is -2.37. The van der Waals surface area contributed by atoms with Crippen LogP contribution in [-0.2, 0) is 22.8 Å². The van der Waals surface area contributed by atoms with Crippen molar-refractivity contribution in [1.29, 1.82) is 0 Å². The van der Waals surface area contributed by atoms with Crippen LogP contribution in [0.3, 0.4) is 0 Å². The van der Waals surface area contributed by atoms with E-state index in [9.17, 15) is 4.57 Å². The number of thioether (sulfide) groups is 1. The molecule has 0 aliphatic carbocycles. The zero-order valence-corrected chi connectivity index (χ0v) is 23.2. The summed E-state index contributed by atoms with van der Waals surface area (Å²) in [7, 11) is -5.11. The van der Waals surface area contributed by atoms with Gasteiger partial charge in [-0.25, -0.2) is 0 Å². The molecule has 1 unspecified atom stereocenters. The molecule has 0 aromatic heterocycles. The van der Waals surface area contributed by atoms with E-state index in [-0.39, 0.29) is 29.2 Å². The van der Waals surface area contributed by atoms with E-state index in [1.165, 1.54) is 10.4 Å². The summed E-state index contributed by atoms with van der Waals surface area (Å²) in [5.74, 6) is 0.787. The zero-order valence-electron chi connectivity index (χ0n) is 20.3. The molecular weight excluding hydrogens is 471 g/mol. The third-order valence-electron chi connectivity index (χ3n) is 5.48. The Morgan fingerprint density at radius 3 is 1.97 bits per heavy atom. The van der Waals surface area contributed by atoms with Crippen molar-refractivity contribution in [1.82, 2.24) is 0 Å². The molecular formula is C25H37O5PSSi. The van der Waals surface area contributed by atoms with Crippen molar-refractivity contribution in [3.8, 4) is 0 Å². The van der Waals surface area contributed by atoms with Crippen molar-refractivity contribution in [2.75, 3.05) is 25.1 Å². The maximum absolute atomic E-state index is 13.0. The van der Waals surface area contributed by atoms with Crippen LogP contribution in [-0.4, -0.2) is 51.8 Å². The molecule has 182 valence electrons. The fraction of sp³-hybridized carbons (Fsp3) is 0.520. The molecule has 0 saturated carbocycles. The van der Waals surface area contributed by atoms with Gasteiger partial charge in [0.05, 0.1) is 31.6 Å². The molecule has 0 spiro atoms. The first-order valence-corrected chi connectivity index (χ1v) is 16.1. The van der Waals surface area contributed by atoms with Gasteiger partial charge in [0, 0.05) is 5.75 Å². The Kier molecular flexibility index (Phi) is 9.83. The Hall–Kier alpha value is -0.923. The summed E-state index contributed by atoms with van der Waals surface area (Å²) in [6.45, 7) is 11.0. The topological polar surface area (TPSA) is 54.0 Å². The summed E-state index contributed by atoms with van der Waals surface area (Å²) in [4.78, 5) is 0. The van der Waals surface area contributed by atoms with Gasteiger partial charge < -0.3 is 18.2 Å². The number of hydrogen-bond acceptors (Lipinski definition) is 6. The Labute approximate surface area is 204 Å². The molecule has 1 saturated heterocycles. The fourth-order valence-corrected chi connectivity index (χ4v) is 10.1. The Morgan fingerprint density at radius 2 is 1.52 bits per heavy atom. The van der Waals surface area contributed by atoms with Gasteiger partial charge in [-0.2, -0.15) is 0 Å². The number of ether oxygens (including phenoxy) is 1. The van der Waals surface area contributed by atoms with Crippen LogP contribution in [0.2, 0.25) is 0 Å². The summed E-state index contributed by atoms with van der Waals surface area (Å²) in [5.41, 5.74) is -0.362. The zero-order chi connectivity index (χ0) is 23.9. The third kappa shape index (κ3) is 7.53. The van der Waals surface area contributed by atoms with Gasteiger partial charge >= 0.3 is 7.60 Å². The molecule has 0 radical (unpaired) electrons. The van der Waals surface area contributed by atoms with Crippen LogP contribution >= 0.6 is 19.4 Å². The second kappa shape index (κ2) is 12.2. The molecule has 1 aliphatic heterocycles. The van der Waals surface area contributed by atoms with E-state index in [0.717, 1.165) is 5.75 Å². The molecule has 5 nitrogen and oxygen atoms in total. The molecule has 0 amide bonds. The summed E-state index contributed by atoms with van der Waals surface area (Å²) in [6.07, 6.45) is 0.0510. The molecule has 1 fully saturated rings. The Morgan fingerprint density at radius 1 is 1.00 bits per heavy atom. The standard InChI is InChI=1S/C25H37O5PSSi/c1-6-27-31(26,28-7-2)18-23-29-22(19-32-23)24(25(3,4)5)30-33(20-14-10-8-11-15-20)21-16-12-9-13-17-21/h8-17,22-24,33H,6-7,18-19H2,1-5H3/t22-,23-,24?/m1/s1. The van der Waals surface area contributed by atoms with Crippen molar-refractivity contribution < 1.29 is 22.8 Å². The van der Waals surface area contributed by atoms with Gasteiger partial charge in [0.2, 0.25) is 9.04 Å². The average Bonchev–Trinajstić information content (AvgIpc) is 3.22. The van der Waals surface area contributed by atoms with Crippen LogP contribution in [0.25, 0.3) is 0 Å². The predicted molar refractivity (Wildman–Crippen MR) is 140 cm³/mol. The maximum atomic E-state index is 13.0. The third-order valence-corrected chi connectivity index (χ3v) is 11.5. The quantitative estimate of drug-likeness (QED) is 0.325. The summed E-state index contributed by atoms with van der Waals surface area (Å²) in [6, 6.07) is 21.0. The van der Waals surface area contributed by atoms with Gasteiger partial charge in [0.1, 0.15) is 5.44 Å². The molecule has 0 bridgehead atoms. The van der Waals surface area contributed by atoms with Crippen molar-refractivity contribution in [2.24, 2.45) is 5.41 Å². The second-order valence-corrected chi connectivity index (χ2v) is 14.9. The van der Waals surface area contributed by atoms with Crippen molar-refractivity contribution in [3.63, 3.8) is 0 Å². The van der Waals surface area contributed by atoms with E-state index >= 15 is 0 Å².